The van der Waals surface area contributed by atoms with Crippen molar-refractivity contribution in [1.82, 2.24) is 10.2 Å². The molecule has 1 atom stereocenters. The SMILES string of the molecule is CN(Cc1ccc(C(C)(C)C)cc1)C(=O)[C@H]1COCCN1. The van der Waals surface area contributed by atoms with Crippen LogP contribution in [0.4, 0.5) is 0 Å². The van der Waals surface area contributed by atoms with Gasteiger partial charge in [-0.05, 0) is 16.5 Å². The van der Waals surface area contributed by atoms with E-state index in [1.807, 2.05) is 7.05 Å². The number of hydrogen-bond donors (Lipinski definition) is 1. The molecule has 0 unspecified atom stereocenters. The van der Waals surface area contributed by atoms with Gasteiger partial charge in [0.05, 0.1) is 13.2 Å². The average molecular weight is 290 g/mol. The van der Waals surface area contributed by atoms with Gasteiger partial charge in [-0.1, -0.05) is 45.0 Å². The first-order valence-corrected chi connectivity index (χ1v) is 7.53. The van der Waals surface area contributed by atoms with Crippen molar-refractivity contribution in [3.8, 4) is 0 Å². The summed E-state index contributed by atoms with van der Waals surface area (Å²) < 4.78 is 5.35. The summed E-state index contributed by atoms with van der Waals surface area (Å²) in [6, 6.07) is 8.30. The molecule has 1 aromatic carbocycles. The maximum Gasteiger partial charge on any atom is 0.242 e. The maximum atomic E-state index is 12.3. The van der Waals surface area contributed by atoms with E-state index in [2.05, 4.69) is 50.4 Å². The second-order valence-electron chi connectivity index (χ2n) is 6.72. The Morgan fingerprint density at radius 2 is 2.00 bits per heavy atom. The average Bonchev–Trinajstić information content (AvgIpc) is 2.47. The topological polar surface area (TPSA) is 41.6 Å². The third kappa shape index (κ3) is 4.29. The van der Waals surface area contributed by atoms with Gasteiger partial charge in [-0.3, -0.25) is 4.79 Å². The summed E-state index contributed by atoms with van der Waals surface area (Å²) in [7, 11) is 1.84. The molecule has 4 nitrogen and oxygen atoms in total. The molecule has 4 heteroatoms. The summed E-state index contributed by atoms with van der Waals surface area (Å²) in [6.07, 6.45) is 0. The monoisotopic (exact) mass is 290 g/mol. The minimum absolute atomic E-state index is 0.0922. The molecule has 1 amide bonds. The third-order valence-corrected chi connectivity index (χ3v) is 3.84. The normalized spacial score (nSPS) is 19.3. The van der Waals surface area contributed by atoms with Gasteiger partial charge in [0, 0.05) is 20.1 Å². The minimum atomic E-state index is -0.211. The van der Waals surface area contributed by atoms with Crippen molar-refractivity contribution in [1.29, 1.82) is 0 Å². The largest absolute Gasteiger partial charge is 0.378 e. The molecule has 0 aliphatic carbocycles. The molecule has 1 aromatic rings. The molecule has 2 rings (SSSR count). The summed E-state index contributed by atoms with van der Waals surface area (Å²) in [6.45, 7) is 9.12. The number of benzene rings is 1. The number of carbonyl (C=O) groups is 1. The lowest BCUT2D eigenvalue weighted by atomic mass is 9.87. The molecule has 116 valence electrons. The summed E-state index contributed by atoms with van der Waals surface area (Å²) in [5.41, 5.74) is 2.61. The highest BCUT2D eigenvalue weighted by Gasteiger charge is 2.24. The van der Waals surface area contributed by atoms with E-state index in [-0.39, 0.29) is 17.4 Å². The molecule has 0 radical (unpaired) electrons. The molecule has 0 bridgehead atoms. The van der Waals surface area contributed by atoms with Crippen LogP contribution < -0.4 is 5.32 Å². The lowest BCUT2D eigenvalue weighted by Crippen LogP contribution is -2.51. The molecule has 1 aliphatic heterocycles. The van der Waals surface area contributed by atoms with E-state index in [4.69, 9.17) is 4.74 Å². The van der Waals surface area contributed by atoms with E-state index in [0.29, 0.717) is 19.8 Å². The van der Waals surface area contributed by atoms with E-state index < -0.39 is 0 Å². The molecular formula is C17H26N2O2. The first-order chi connectivity index (χ1) is 9.88. The molecular weight excluding hydrogens is 264 g/mol. The minimum Gasteiger partial charge on any atom is -0.378 e. The highest BCUT2D eigenvalue weighted by atomic mass is 16.5. The smallest absolute Gasteiger partial charge is 0.242 e. The van der Waals surface area contributed by atoms with Crippen LogP contribution in [0.25, 0.3) is 0 Å². The predicted molar refractivity (Wildman–Crippen MR) is 84.2 cm³/mol. The number of nitrogens with zero attached hydrogens (tertiary/aromatic N) is 1. The lowest BCUT2D eigenvalue weighted by molar-refractivity contribution is -0.135. The predicted octanol–water partition coefficient (Wildman–Crippen LogP) is 1.93. The van der Waals surface area contributed by atoms with Crippen LogP contribution >= 0.6 is 0 Å². The molecule has 1 fully saturated rings. The second kappa shape index (κ2) is 6.58. The van der Waals surface area contributed by atoms with Crippen LogP contribution in [0.2, 0.25) is 0 Å². The van der Waals surface area contributed by atoms with E-state index in [0.717, 1.165) is 12.1 Å². The van der Waals surface area contributed by atoms with Crippen LogP contribution in [0, 0.1) is 0 Å². The first-order valence-electron chi connectivity index (χ1n) is 7.53. The highest BCUT2D eigenvalue weighted by molar-refractivity contribution is 5.81. The number of hydrogen-bond acceptors (Lipinski definition) is 3. The van der Waals surface area contributed by atoms with E-state index >= 15 is 0 Å². The molecule has 0 spiro atoms. The Bertz CT molecular complexity index is 471. The number of morpholine rings is 1. The van der Waals surface area contributed by atoms with Crippen molar-refractivity contribution in [3.63, 3.8) is 0 Å². The quantitative estimate of drug-likeness (QED) is 0.925. The van der Waals surface area contributed by atoms with Crippen LogP contribution in [0.3, 0.4) is 0 Å². The van der Waals surface area contributed by atoms with Gasteiger partial charge in [0.2, 0.25) is 5.91 Å². The fourth-order valence-corrected chi connectivity index (χ4v) is 2.45. The molecule has 21 heavy (non-hydrogen) atoms. The van der Waals surface area contributed by atoms with Crippen molar-refractivity contribution in [2.75, 3.05) is 26.8 Å². The van der Waals surface area contributed by atoms with Crippen molar-refractivity contribution in [2.24, 2.45) is 0 Å². The van der Waals surface area contributed by atoms with Gasteiger partial charge in [0.25, 0.3) is 0 Å². The zero-order chi connectivity index (χ0) is 15.5. The summed E-state index contributed by atoms with van der Waals surface area (Å²) in [4.78, 5) is 14.1. The number of likely N-dealkylation sites (N-methyl/N-ethyl adjacent to an activating group) is 1. The fraction of sp³-hybridized carbons (Fsp3) is 0.588. The fourth-order valence-electron chi connectivity index (χ4n) is 2.45. The van der Waals surface area contributed by atoms with E-state index in [9.17, 15) is 4.79 Å². The number of rotatable bonds is 3. The van der Waals surface area contributed by atoms with Gasteiger partial charge in [-0.15, -0.1) is 0 Å². The Morgan fingerprint density at radius 3 is 2.52 bits per heavy atom. The Labute approximate surface area is 127 Å². The Kier molecular flexibility index (Phi) is 5.01. The van der Waals surface area contributed by atoms with Gasteiger partial charge >= 0.3 is 0 Å². The second-order valence-corrected chi connectivity index (χ2v) is 6.72. The Morgan fingerprint density at radius 1 is 1.33 bits per heavy atom. The molecule has 1 heterocycles. The van der Waals surface area contributed by atoms with Gasteiger partial charge in [-0.2, -0.15) is 0 Å². The zero-order valence-electron chi connectivity index (χ0n) is 13.5. The van der Waals surface area contributed by atoms with Crippen LogP contribution in [0.15, 0.2) is 24.3 Å². The van der Waals surface area contributed by atoms with Crippen molar-refractivity contribution < 1.29 is 9.53 Å². The van der Waals surface area contributed by atoms with Gasteiger partial charge < -0.3 is 15.0 Å². The van der Waals surface area contributed by atoms with Crippen LogP contribution in [0.5, 0.6) is 0 Å². The summed E-state index contributed by atoms with van der Waals surface area (Å²) in [5.74, 6) is 0.0922. The zero-order valence-corrected chi connectivity index (χ0v) is 13.5. The summed E-state index contributed by atoms with van der Waals surface area (Å²) >= 11 is 0. The Balaban J connectivity index is 1.95. The number of amides is 1. The first kappa shape index (κ1) is 16.0. The van der Waals surface area contributed by atoms with Crippen LogP contribution in [0.1, 0.15) is 31.9 Å². The molecule has 1 saturated heterocycles. The van der Waals surface area contributed by atoms with Crippen molar-refractivity contribution in [2.45, 2.75) is 38.8 Å². The van der Waals surface area contributed by atoms with E-state index in [1.165, 1.54) is 5.56 Å². The van der Waals surface area contributed by atoms with Gasteiger partial charge in [-0.25, -0.2) is 0 Å². The van der Waals surface area contributed by atoms with Gasteiger partial charge in [0.1, 0.15) is 6.04 Å². The van der Waals surface area contributed by atoms with Crippen LogP contribution in [-0.2, 0) is 21.5 Å². The Hall–Kier alpha value is -1.39. The van der Waals surface area contributed by atoms with Crippen LogP contribution in [-0.4, -0.2) is 43.7 Å². The maximum absolute atomic E-state index is 12.3. The highest BCUT2D eigenvalue weighted by Crippen LogP contribution is 2.22. The molecule has 1 N–H and O–H groups in total. The lowest BCUT2D eigenvalue weighted by Gasteiger charge is -2.27. The standard InChI is InChI=1S/C17H26N2O2/c1-17(2,3)14-7-5-13(6-8-14)11-19(4)16(20)15-12-21-10-9-18-15/h5-8,15,18H,9-12H2,1-4H3/t15-/m1/s1. The number of carbonyl (C=O) groups excluding carboxylic acids is 1. The molecule has 1 aliphatic rings. The molecule has 0 aromatic heterocycles. The summed E-state index contributed by atoms with van der Waals surface area (Å²) in [5, 5.41) is 3.20. The third-order valence-electron chi connectivity index (χ3n) is 3.84. The van der Waals surface area contributed by atoms with Crippen molar-refractivity contribution >= 4 is 5.91 Å². The van der Waals surface area contributed by atoms with E-state index in [1.54, 1.807) is 4.90 Å². The van der Waals surface area contributed by atoms with Gasteiger partial charge in [0.15, 0.2) is 0 Å². The number of ether oxygens (including phenoxy) is 1. The number of nitrogens with one attached hydrogen (secondary N) is 1. The van der Waals surface area contributed by atoms with Crippen molar-refractivity contribution in [3.05, 3.63) is 35.4 Å². The molecule has 0 saturated carbocycles.